The van der Waals surface area contributed by atoms with Crippen LogP contribution in [-0.4, -0.2) is 37.1 Å². The Labute approximate surface area is 108 Å². The van der Waals surface area contributed by atoms with Crippen molar-refractivity contribution in [1.82, 2.24) is 4.90 Å². The van der Waals surface area contributed by atoms with E-state index in [0.717, 1.165) is 23.4 Å². The molecule has 0 radical (unpaired) electrons. The first kappa shape index (κ1) is 14.4. The summed E-state index contributed by atoms with van der Waals surface area (Å²) in [4.78, 5) is 14.1. The molecule has 1 N–H and O–H groups in total. The van der Waals surface area contributed by atoms with Crippen LogP contribution < -0.4 is 4.74 Å². The van der Waals surface area contributed by atoms with Crippen molar-refractivity contribution in [2.45, 2.75) is 26.4 Å². The number of rotatable bonds is 2. The number of nitrogens with zero attached hydrogens (tertiary/aromatic N) is 1. The molecule has 1 aliphatic rings. The Balaban J connectivity index is 0.000000771. The van der Waals surface area contributed by atoms with Gasteiger partial charge < -0.3 is 10.1 Å². The van der Waals surface area contributed by atoms with Crippen molar-refractivity contribution in [3.05, 3.63) is 29.3 Å². The molecule has 1 aromatic rings. The third kappa shape index (κ3) is 2.96. The molecule has 0 unspecified atom stereocenters. The van der Waals surface area contributed by atoms with E-state index in [0.29, 0.717) is 12.6 Å². The highest BCUT2D eigenvalue weighted by Gasteiger charge is 2.24. The fourth-order valence-corrected chi connectivity index (χ4v) is 1.99. The van der Waals surface area contributed by atoms with E-state index in [4.69, 9.17) is 10.1 Å². The van der Waals surface area contributed by atoms with Gasteiger partial charge in [-0.2, -0.15) is 0 Å². The third-order valence-corrected chi connectivity index (χ3v) is 3.07. The summed E-state index contributed by atoms with van der Waals surface area (Å²) in [6.45, 7) is 8.09. The number of ether oxygens (including phenoxy) is 1. The monoisotopic (exact) mass is 248 g/mol. The van der Waals surface area contributed by atoms with E-state index in [1.807, 2.05) is 18.2 Å². The second-order valence-electron chi connectivity index (χ2n) is 4.44. The molecule has 0 aromatic heterocycles. The first-order valence-corrected chi connectivity index (χ1v) is 5.91. The van der Waals surface area contributed by atoms with Gasteiger partial charge in [0.15, 0.2) is 5.78 Å². The van der Waals surface area contributed by atoms with Gasteiger partial charge in [-0.3, -0.25) is 9.69 Å². The van der Waals surface area contributed by atoms with Gasteiger partial charge in [0.05, 0.1) is 13.7 Å². The molecule has 98 valence electrons. The van der Waals surface area contributed by atoms with Crippen LogP contribution in [0.25, 0.3) is 0 Å². The summed E-state index contributed by atoms with van der Waals surface area (Å²) in [5.41, 5.74) is 1.92. The van der Waals surface area contributed by atoms with Gasteiger partial charge in [0.2, 0.25) is 0 Å². The second-order valence-corrected chi connectivity index (χ2v) is 4.44. The fraction of sp³-hybridized carbons (Fsp3) is 0.429. The molecule has 0 atom stereocenters. The normalized spacial score (nSPS) is 14.8. The Morgan fingerprint density at radius 2 is 2.00 bits per heavy atom. The fourth-order valence-electron chi connectivity index (χ4n) is 1.99. The summed E-state index contributed by atoms with van der Waals surface area (Å²) in [5, 5.41) is 5.50. The molecule has 0 aliphatic carbocycles. The predicted molar refractivity (Wildman–Crippen MR) is 72.7 cm³/mol. The van der Waals surface area contributed by atoms with E-state index >= 15 is 0 Å². The molecular formula is C14H20N2O2. The lowest BCUT2D eigenvalue weighted by atomic mass is 9.97. The molecule has 2 rings (SSSR count). The molecular weight excluding hydrogens is 228 g/mol. The molecule has 1 aliphatic heterocycles. The number of ketones is 1. The van der Waals surface area contributed by atoms with E-state index in [1.54, 1.807) is 7.11 Å². The maximum absolute atomic E-state index is 12.0. The topological polar surface area (TPSA) is 53.4 Å². The van der Waals surface area contributed by atoms with Crippen LogP contribution in [-0.2, 0) is 6.54 Å². The van der Waals surface area contributed by atoms with Crippen molar-refractivity contribution in [2.75, 3.05) is 13.7 Å². The zero-order valence-corrected chi connectivity index (χ0v) is 11.2. The number of fused-ring (bicyclic) bond motifs is 1. The van der Waals surface area contributed by atoms with Crippen molar-refractivity contribution in [2.24, 2.45) is 0 Å². The highest BCUT2D eigenvalue weighted by molar-refractivity contribution is 6.00. The third-order valence-electron chi connectivity index (χ3n) is 3.07. The van der Waals surface area contributed by atoms with Gasteiger partial charge in [0, 0.05) is 18.2 Å². The molecule has 4 heteroatoms. The van der Waals surface area contributed by atoms with E-state index in [9.17, 15) is 4.79 Å². The summed E-state index contributed by atoms with van der Waals surface area (Å²) >= 11 is 0. The lowest BCUT2D eigenvalue weighted by molar-refractivity contribution is 0.0867. The Bertz CT molecular complexity index is 430. The van der Waals surface area contributed by atoms with Gasteiger partial charge in [0.1, 0.15) is 5.75 Å². The van der Waals surface area contributed by atoms with Gasteiger partial charge >= 0.3 is 0 Å². The lowest BCUT2D eigenvalue weighted by Crippen LogP contribution is -2.39. The highest BCUT2D eigenvalue weighted by Crippen LogP contribution is 2.24. The van der Waals surface area contributed by atoms with E-state index in [-0.39, 0.29) is 5.78 Å². The summed E-state index contributed by atoms with van der Waals surface area (Å²) in [6.07, 6.45) is 0. The van der Waals surface area contributed by atoms with Crippen LogP contribution in [0.3, 0.4) is 0 Å². The Kier molecular flexibility index (Phi) is 5.04. The van der Waals surface area contributed by atoms with Crippen LogP contribution >= 0.6 is 0 Å². The van der Waals surface area contributed by atoms with E-state index < -0.39 is 0 Å². The second kappa shape index (κ2) is 6.31. The maximum atomic E-state index is 12.0. The quantitative estimate of drug-likeness (QED) is 0.817. The summed E-state index contributed by atoms with van der Waals surface area (Å²) in [6, 6.07) is 6.14. The smallest absolute Gasteiger partial charge is 0.177 e. The Morgan fingerprint density at radius 1 is 1.33 bits per heavy atom. The number of nitrogens with one attached hydrogen (secondary N) is 1. The van der Waals surface area contributed by atoms with Crippen LogP contribution in [0.5, 0.6) is 5.75 Å². The van der Waals surface area contributed by atoms with Gasteiger partial charge in [-0.1, -0.05) is 6.07 Å². The SMILES string of the molecule is C=N.COc1ccc2c(c1)C(=O)CN(C(C)C)C2. The minimum Gasteiger partial charge on any atom is -0.497 e. The van der Waals surface area contributed by atoms with Crippen molar-refractivity contribution >= 4 is 12.5 Å². The molecule has 0 spiro atoms. The summed E-state index contributed by atoms with van der Waals surface area (Å²) in [5.74, 6) is 0.943. The van der Waals surface area contributed by atoms with Crippen LogP contribution in [0.15, 0.2) is 18.2 Å². The summed E-state index contributed by atoms with van der Waals surface area (Å²) in [7, 11) is 1.62. The minimum atomic E-state index is 0.189. The molecule has 1 aromatic carbocycles. The van der Waals surface area contributed by atoms with Gasteiger partial charge in [-0.25, -0.2) is 0 Å². The lowest BCUT2D eigenvalue weighted by Gasteiger charge is -2.30. The minimum absolute atomic E-state index is 0.189. The number of hydrogen-bond donors (Lipinski definition) is 1. The van der Waals surface area contributed by atoms with Crippen LogP contribution in [0.4, 0.5) is 0 Å². The maximum Gasteiger partial charge on any atom is 0.177 e. The van der Waals surface area contributed by atoms with Gasteiger partial charge in [-0.05, 0) is 38.3 Å². The predicted octanol–water partition coefficient (Wildman–Crippen LogP) is 2.37. The number of hydrogen-bond acceptors (Lipinski definition) is 4. The zero-order valence-electron chi connectivity index (χ0n) is 11.2. The highest BCUT2D eigenvalue weighted by atomic mass is 16.5. The average Bonchev–Trinajstić information content (AvgIpc) is 2.40. The molecule has 18 heavy (non-hydrogen) atoms. The van der Waals surface area contributed by atoms with Crippen LogP contribution in [0, 0.1) is 5.41 Å². The zero-order chi connectivity index (χ0) is 13.7. The van der Waals surface area contributed by atoms with Crippen molar-refractivity contribution in [3.63, 3.8) is 0 Å². The first-order valence-electron chi connectivity index (χ1n) is 5.91. The number of methoxy groups -OCH3 is 1. The van der Waals surface area contributed by atoms with Gasteiger partial charge in [-0.15, -0.1) is 0 Å². The number of carbonyl (C=O) groups excluding carboxylic acids is 1. The molecule has 1 heterocycles. The Morgan fingerprint density at radius 3 is 2.56 bits per heavy atom. The Hall–Kier alpha value is -1.68. The molecule has 0 saturated carbocycles. The molecule has 0 bridgehead atoms. The number of carbonyl (C=O) groups is 1. The summed E-state index contributed by atoms with van der Waals surface area (Å²) < 4.78 is 5.14. The van der Waals surface area contributed by atoms with E-state index in [2.05, 4.69) is 25.5 Å². The largest absolute Gasteiger partial charge is 0.497 e. The molecule has 0 saturated heterocycles. The molecule has 4 nitrogen and oxygen atoms in total. The molecule has 0 fully saturated rings. The number of benzene rings is 1. The first-order chi connectivity index (χ1) is 8.61. The average molecular weight is 248 g/mol. The molecule has 0 amide bonds. The number of Topliss-reactive ketones (excluding diaryl/α,β-unsaturated/α-hetero) is 1. The van der Waals surface area contributed by atoms with Crippen molar-refractivity contribution in [3.8, 4) is 5.75 Å². The van der Waals surface area contributed by atoms with E-state index in [1.165, 1.54) is 0 Å². The standard InChI is InChI=1S/C13H17NO2.CH3N/c1-9(2)14-7-10-4-5-11(16-3)6-12(10)13(15)8-14;1-2/h4-6,9H,7-8H2,1-3H3;2H,1H2. The van der Waals surface area contributed by atoms with Crippen LogP contribution in [0.1, 0.15) is 29.8 Å². The van der Waals surface area contributed by atoms with Gasteiger partial charge in [0.25, 0.3) is 0 Å². The van der Waals surface area contributed by atoms with Crippen molar-refractivity contribution in [1.29, 1.82) is 5.41 Å². The van der Waals surface area contributed by atoms with Crippen molar-refractivity contribution < 1.29 is 9.53 Å². The van der Waals surface area contributed by atoms with Crippen LogP contribution in [0.2, 0.25) is 0 Å².